The molecule has 0 unspecified atom stereocenters. The van der Waals surface area contributed by atoms with Crippen LogP contribution in [0.4, 0.5) is 0 Å². The average molecular weight is 273 g/mol. The lowest BCUT2D eigenvalue weighted by Gasteiger charge is -1.97. The minimum atomic E-state index is 0.0266. The molecular weight excluding hydrogens is 264 g/mol. The Morgan fingerprint density at radius 1 is 1.00 bits per heavy atom. The number of hydrogen-bond acceptors (Lipinski definition) is 2. The highest BCUT2D eigenvalue weighted by Crippen LogP contribution is 2.27. The molecule has 1 nitrogen and oxygen atoms in total. The minimum Gasteiger partial charge on any atom is -0.288 e. The first-order chi connectivity index (χ1) is 8.74. The van der Waals surface area contributed by atoms with Crippen molar-refractivity contribution >= 4 is 38.8 Å². The van der Waals surface area contributed by atoms with Gasteiger partial charge in [0.05, 0.1) is 4.88 Å². The summed E-state index contributed by atoms with van der Waals surface area (Å²) in [4.78, 5) is 13.1. The fourth-order valence-electron chi connectivity index (χ4n) is 1.87. The number of hydrogen-bond donors (Lipinski definition) is 0. The second-order valence-corrected chi connectivity index (χ2v) is 5.51. The topological polar surface area (TPSA) is 17.1 Å². The predicted octanol–water partition coefficient (Wildman–Crippen LogP) is 4.79. The number of benzene rings is 2. The van der Waals surface area contributed by atoms with Crippen LogP contribution in [0, 0.1) is 0 Å². The molecule has 3 aromatic rings. The van der Waals surface area contributed by atoms with Crippen LogP contribution in [0.25, 0.3) is 10.1 Å². The van der Waals surface area contributed by atoms with Gasteiger partial charge in [-0.1, -0.05) is 41.9 Å². The number of halogens is 1. The van der Waals surface area contributed by atoms with Crippen LogP contribution in [-0.4, -0.2) is 5.78 Å². The van der Waals surface area contributed by atoms with E-state index in [-0.39, 0.29) is 5.78 Å². The normalized spacial score (nSPS) is 10.7. The SMILES string of the molecule is O=C(c1cccc(Cl)c1)c1cc2ccccc2s1. The molecule has 2 aromatic carbocycles. The molecule has 88 valence electrons. The lowest BCUT2D eigenvalue weighted by Crippen LogP contribution is -1.97. The summed E-state index contributed by atoms with van der Waals surface area (Å²) in [6.07, 6.45) is 0. The fourth-order valence-corrected chi connectivity index (χ4v) is 3.08. The van der Waals surface area contributed by atoms with E-state index in [1.807, 2.05) is 30.3 Å². The van der Waals surface area contributed by atoms with Gasteiger partial charge >= 0.3 is 0 Å². The molecule has 0 saturated carbocycles. The number of fused-ring (bicyclic) bond motifs is 1. The Hall–Kier alpha value is -1.64. The summed E-state index contributed by atoms with van der Waals surface area (Å²) in [5.41, 5.74) is 0.633. The van der Waals surface area contributed by atoms with Crippen LogP contribution in [0.5, 0.6) is 0 Å². The van der Waals surface area contributed by atoms with Crippen molar-refractivity contribution in [3.05, 3.63) is 70.1 Å². The quantitative estimate of drug-likeness (QED) is 0.613. The Morgan fingerprint density at radius 3 is 2.61 bits per heavy atom. The predicted molar refractivity (Wildman–Crippen MR) is 76.7 cm³/mol. The molecule has 0 bridgehead atoms. The molecule has 0 amide bonds. The molecule has 3 heteroatoms. The molecule has 0 atom stereocenters. The van der Waals surface area contributed by atoms with Crippen molar-refractivity contribution in [1.29, 1.82) is 0 Å². The molecule has 0 spiro atoms. The van der Waals surface area contributed by atoms with E-state index in [1.54, 1.807) is 24.3 Å². The van der Waals surface area contributed by atoms with E-state index < -0.39 is 0 Å². The molecular formula is C15H9ClOS. The van der Waals surface area contributed by atoms with Gasteiger partial charge in [-0.25, -0.2) is 0 Å². The Balaban J connectivity index is 2.06. The second kappa shape index (κ2) is 4.56. The van der Waals surface area contributed by atoms with E-state index >= 15 is 0 Å². The van der Waals surface area contributed by atoms with Crippen molar-refractivity contribution in [3.8, 4) is 0 Å². The largest absolute Gasteiger partial charge is 0.288 e. The zero-order valence-corrected chi connectivity index (χ0v) is 11.0. The molecule has 0 fully saturated rings. The van der Waals surface area contributed by atoms with Gasteiger partial charge in [0.25, 0.3) is 0 Å². The standard InChI is InChI=1S/C15H9ClOS/c16-12-6-3-5-11(8-12)15(17)14-9-10-4-1-2-7-13(10)18-14/h1-9H. The molecule has 1 heterocycles. The zero-order valence-electron chi connectivity index (χ0n) is 9.39. The summed E-state index contributed by atoms with van der Waals surface area (Å²) in [5.74, 6) is 0.0266. The third-order valence-corrected chi connectivity index (χ3v) is 4.09. The number of rotatable bonds is 2. The van der Waals surface area contributed by atoms with Gasteiger partial charge in [-0.3, -0.25) is 4.79 Å². The van der Waals surface area contributed by atoms with Crippen LogP contribution in [0.1, 0.15) is 15.2 Å². The zero-order chi connectivity index (χ0) is 12.5. The van der Waals surface area contributed by atoms with Gasteiger partial charge in [-0.15, -0.1) is 11.3 Å². The first-order valence-electron chi connectivity index (χ1n) is 5.53. The summed E-state index contributed by atoms with van der Waals surface area (Å²) in [6.45, 7) is 0. The van der Waals surface area contributed by atoms with Crippen molar-refractivity contribution < 1.29 is 4.79 Å². The molecule has 18 heavy (non-hydrogen) atoms. The van der Waals surface area contributed by atoms with Gasteiger partial charge in [0.2, 0.25) is 5.78 Å². The molecule has 0 aliphatic carbocycles. The molecule has 1 aromatic heterocycles. The molecule has 3 rings (SSSR count). The fraction of sp³-hybridized carbons (Fsp3) is 0. The highest BCUT2D eigenvalue weighted by Gasteiger charge is 2.12. The summed E-state index contributed by atoms with van der Waals surface area (Å²) in [6, 6.07) is 17.0. The van der Waals surface area contributed by atoms with Crippen molar-refractivity contribution in [3.63, 3.8) is 0 Å². The Labute approximate surface area is 114 Å². The highest BCUT2D eigenvalue weighted by atomic mass is 35.5. The monoisotopic (exact) mass is 272 g/mol. The Bertz CT molecular complexity index is 697. The van der Waals surface area contributed by atoms with E-state index in [0.29, 0.717) is 10.6 Å². The van der Waals surface area contributed by atoms with Gasteiger partial charge in [0.15, 0.2) is 0 Å². The lowest BCUT2D eigenvalue weighted by molar-refractivity contribution is 0.104. The number of ketones is 1. The molecule has 0 aliphatic rings. The van der Waals surface area contributed by atoms with Crippen molar-refractivity contribution in [1.82, 2.24) is 0 Å². The maximum Gasteiger partial charge on any atom is 0.203 e. The van der Waals surface area contributed by atoms with Crippen LogP contribution in [0.3, 0.4) is 0 Å². The summed E-state index contributed by atoms with van der Waals surface area (Å²) < 4.78 is 1.13. The van der Waals surface area contributed by atoms with Crippen LogP contribution < -0.4 is 0 Å². The van der Waals surface area contributed by atoms with Gasteiger partial charge in [0, 0.05) is 15.3 Å². The van der Waals surface area contributed by atoms with Crippen LogP contribution >= 0.6 is 22.9 Å². The van der Waals surface area contributed by atoms with Gasteiger partial charge in [-0.05, 0) is 29.7 Å². The highest BCUT2D eigenvalue weighted by molar-refractivity contribution is 7.21. The van der Waals surface area contributed by atoms with E-state index in [1.165, 1.54) is 11.3 Å². The maximum absolute atomic E-state index is 12.3. The van der Waals surface area contributed by atoms with Crippen LogP contribution in [-0.2, 0) is 0 Å². The van der Waals surface area contributed by atoms with E-state index in [9.17, 15) is 4.79 Å². The van der Waals surface area contributed by atoms with Crippen molar-refractivity contribution in [2.24, 2.45) is 0 Å². The van der Waals surface area contributed by atoms with Crippen LogP contribution in [0.15, 0.2) is 54.6 Å². The molecule has 0 aliphatic heterocycles. The average Bonchev–Trinajstić information content (AvgIpc) is 2.81. The summed E-state index contributed by atoms with van der Waals surface area (Å²) >= 11 is 7.42. The summed E-state index contributed by atoms with van der Waals surface area (Å²) in [5, 5.41) is 1.69. The Kier molecular flexibility index (Phi) is 2.90. The third kappa shape index (κ3) is 2.05. The maximum atomic E-state index is 12.3. The second-order valence-electron chi connectivity index (χ2n) is 3.99. The van der Waals surface area contributed by atoms with Crippen molar-refractivity contribution in [2.45, 2.75) is 0 Å². The van der Waals surface area contributed by atoms with Gasteiger partial charge in [-0.2, -0.15) is 0 Å². The Morgan fingerprint density at radius 2 is 1.83 bits per heavy atom. The van der Waals surface area contributed by atoms with E-state index in [2.05, 4.69) is 0 Å². The number of carbonyl (C=O) groups excluding carboxylic acids is 1. The van der Waals surface area contributed by atoms with Gasteiger partial charge in [0.1, 0.15) is 0 Å². The first-order valence-corrected chi connectivity index (χ1v) is 6.72. The summed E-state index contributed by atoms with van der Waals surface area (Å²) in [7, 11) is 0. The lowest BCUT2D eigenvalue weighted by atomic mass is 10.1. The smallest absolute Gasteiger partial charge is 0.203 e. The molecule has 0 saturated heterocycles. The van der Waals surface area contributed by atoms with E-state index in [4.69, 9.17) is 11.6 Å². The number of thiophene rings is 1. The minimum absolute atomic E-state index is 0.0266. The van der Waals surface area contributed by atoms with Crippen LogP contribution in [0.2, 0.25) is 5.02 Å². The molecule has 0 N–H and O–H groups in total. The number of carbonyl (C=O) groups is 1. The first kappa shape index (κ1) is 11.5. The van der Waals surface area contributed by atoms with Gasteiger partial charge < -0.3 is 0 Å². The van der Waals surface area contributed by atoms with Crippen molar-refractivity contribution in [2.75, 3.05) is 0 Å². The molecule has 0 radical (unpaired) electrons. The van der Waals surface area contributed by atoms with E-state index in [0.717, 1.165) is 15.0 Å². The third-order valence-electron chi connectivity index (χ3n) is 2.74.